The highest BCUT2D eigenvalue weighted by molar-refractivity contribution is 5.20. The van der Waals surface area contributed by atoms with Crippen molar-refractivity contribution in [3.8, 4) is 0 Å². The van der Waals surface area contributed by atoms with Crippen LogP contribution in [0.5, 0.6) is 0 Å². The number of rotatable bonds is 2. The molecule has 2 heterocycles. The molecular weight excluding hydrogens is 185 g/mol. The standard InChI is InChI=1S/C8H8FN5/c9-6-1-5(2-11-3-6)7(10)8-12-4-13-14-8/h1-4,7H,10H2,(H,12,13,14). The largest absolute Gasteiger partial charge is 0.318 e. The summed E-state index contributed by atoms with van der Waals surface area (Å²) in [5, 5.41) is 6.28. The van der Waals surface area contributed by atoms with E-state index in [4.69, 9.17) is 5.73 Å². The molecule has 0 aliphatic heterocycles. The molecule has 2 aromatic heterocycles. The summed E-state index contributed by atoms with van der Waals surface area (Å²) < 4.78 is 12.8. The Hall–Kier alpha value is -1.82. The SMILES string of the molecule is NC(c1cncc(F)c1)c1ncn[nH]1. The van der Waals surface area contributed by atoms with Crippen molar-refractivity contribution in [3.05, 3.63) is 42.0 Å². The molecule has 5 nitrogen and oxygen atoms in total. The summed E-state index contributed by atoms with van der Waals surface area (Å²) in [5.41, 5.74) is 6.35. The van der Waals surface area contributed by atoms with E-state index in [1.165, 1.54) is 18.6 Å². The van der Waals surface area contributed by atoms with Crippen LogP contribution in [0.25, 0.3) is 0 Å². The number of pyridine rings is 1. The maximum Gasteiger partial charge on any atom is 0.145 e. The highest BCUT2D eigenvalue weighted by Crippen LogP contribution is 2.14. The maximum absolute atomic E-state index is 12.8. The summed E-state index contributed by atoms with van der Waals surface area (Å²) in [6, 6.07) is 0.792. The predicted molar refractivity (Wildman–Crippen MR) is 46.6 cm³/mol. The molecule has 1 unspecified atom stereocenters. The molecule has 1 atom stereocenters. The Labute approximate surface area is 79.2 Å². The van der Waals surface area contributed by atoms with Gasteiger partial charge in [0.1, 0.15) is 18.0 Å². The first-order valence-corrected chi connectivity index (χ1v) is 3.98. The summed E-state index contributed by atoms with van der Waals surface area (Å²) in [4.78, 5) is 7.58. The second-order valence-electron chi connectivity index (χ2n) is 2.78. The zero-order valence-corrected chi connectivity index (χ0v) is 7.18. The van der Waals surface area contributed by atoms with Crippen molar-refractivity contribution < 1.29 is 4.39 Å². The van der Waals surface area contributed by atoms with Gasteiger partial charge in [-0.15, -0.1) is 0 Å². The second kappa shape index (κ2) is 3.51. The molecule has 0 amide bonds. The molecule has 72 valence electrons. The molecule has 0 spiro atoms. The van der Waals surface area contributed by atoms with Gasteiger partial charge in [-0.3, -0.25) is 10.1 Å². The van der Waals surface area contributed by atoms with Gasteiger partial charge in [-0.05, 0) is 11.6 Å². The zero-order chi connectivity index (χ0) is 9.97. The van der Waals surface area contributed by atoms with Crippen LogP contribution in [0.3, 0.4) is 0 Å². The average Bonchev–Trinajstić information content (AvgIpc) is 2.69. The third kappa shape index (κ3) is 1.60. The molecule has 0 aliphatic carbocycles. The third-order valence-electron chi connectivity index (χ3n) is 1.81. The van der Waals surface area contributed by atoms with Crippen molar-refractivity contribution in [1.29, 1.82) is 0 Å². The fourth-order valence-corrected chi connectivity index (χ4v) is 1.12. The van der Waals surface area contributed by atoms with E-state index in [0.29, 0.717) is 11.4 Å². The maximum atomic E-state index is 12.8. The fraction of sp³-hybridized carbons (Fsp3) is 0.125. The Bertz CT molecular complexity index is 413. The van der Waals surface area contributed by atoms with Gasteiger partial charge in [0.2, 0.25) is 0 Å². The van der Waals surface area contributed by atoms with E-state index < -0.39 is 11.9 Å². The minimum atomic E-state index is -0.527. The van der Waals surface area contributed by atoms with Gasteiger partial charge in [0.15, 0.2) is 0 Å². The lowest BCUT2D eigenvalue weighted by atomic mass is 10.1. The number of nitrogens with zero attached hydrogens (tertiary/aromatic N) is 3. The van der Waals surface area contributed by atoms with Crippen molar-refractivity contribution in [2.75, 3.05) is 0 Å². The third-order valence-corrected chi connectivity index (χ3v) is 1.81. The van der Waals surface area contributed by atoms with E-state index in [9.17, 15) is 4.39 Å². The molecular formula is C8H8FN5. The molecule has 0 aliphatic rings. The van der Waals surface area contributed by atoms with Crippen LogP contribution in [0.1, 0.15) is 17.4 Å². The number of aromatic nitrogens is 4. The number of halogens is 1. The number of hydrogen-bond donors (Lipinski definition) is 2. The minimum Gasteiger partial charge on any atom is -0.318 e. The Morgan fingerprint density at radius 1 is 1.43 bits per heavy atom. The predicted octanol–water partition coefficient (Wildman–Crippen LogP) is 0.387. The smallest absolute Gasteiger partial charge is 0.145 e. The van der Waals surface area contributed by atoms with Gasteiger partial charge in [0, 0.05) is 6.20 Å². The average molecular weight is 193 g/mol. The van der Waals surface area contributed by atoms with E-state index in [2.05, 4.69) is 20.2 Å². The number of aromatic amines is 1. The molecule has 2 aromatic rings. The van der Waals surface area contributed by atoms with Crippen molar-refractivity contribution in [2.24, 2.45) is 5.73 Å². The first-order chi connectivity index (χ1) is 6.77. The first kappa shape index (κ1) is 8.76. The van der Waals surface area contributed by atoms with E-state index in [1.807, 2.05) is 0 Å². The number of nitrogens with one attached hydrogen (secondary N) is 1. The molecule has 2 rings (SSSR count). The van der Waals surface area contributed by atoms with Gasteiger partial charge in [-0.2, -0.15) is 5.10 Å². The van der Waals surface area contributed by atoms with E-state index in [-0.39, 0.29) is 0 Å². The van der Waals surface area contributed by atoms with Crippen LogP contribution in [-0.2, 0) is 0 Å². The second-order valence-corrected chi connectivity index (χ2v) is 2.78. The van der Waals surface area contributed by atoms with Crippen LogP contribution in [0.4, 0.5) is 4.39 Å². The fourth-order valence-electron chi connectivity index (χ4n) is 1.12. The highest BCUT2D eigenvalue weighted by Gasteiger charge is 2.12. The summed E-state index contributed by atoms with van der Waals surface area (Å²) in [6.45, 7) is 0. The molecule has 3 N–H and O–H groups in total. The van der Waals surface area contributed by atoms with Crippen molar-refractivity contribution in [1.82, 2.24) is 20.2 Å². The van der Waals surface area contributed by atoms with Gasteiger partial charge in [0.25, 0.3) is 0 Å². The number of nitrogens with two attached hydrogens (primary N) is 1. The molecule has 0 aromatic carbocycles. The highest BCUT2D eigenvalue weighted by atomic mass is 19.1. The molecule has 0 fully saturated rings. The Morgan fingerprint density at radius 3 is 2.93 bits per heavy atom. The lowest BCUT2D eigenvalue weighted by Gasteiger charge is -2.07. The zero-order valence-electron chi connectivity index (χ0n) is 7.18. The summed E-state index contributed by atoms with van der Waals surface area (Å²) in [7, 11) is 0. The van der Waals surface area contributed by atoms with E-state index in [1.54, 1.807) is 0 Å². The number of H-pyrrole nitrogens is 1. The minimum absolute atomic E-state index is 0.419. The molecule has 0 saturated heterocycles. The van der Waals surface area contributed by atoms with Gasteiger partial charge in [-0.1, -0.05) is 0 Å². The van der Waals surface area contributed by atoms with Crippen molar-refractivity contribution in [3.63, 3.8) is 0 Å². The summed E-state index contributed by atoms with van der Waals surface area (Å²) in [5.74, 6) is 0.0647. The van der Waals surface area contributed by atoms with Crippen LogP contribution < -0.4 is 5.73 Å². The van der Waals surface area contributed by atoms with Gasteiger partial charge >= 0.3 is 0 Å². The molecule has 0 bridgehead atoms. The van der Waals surface area contributed by atoms with Crippen LogP contribution >= 0.6 is 0 Å². The molecule has 0 saturated carbocycles. The van der Waals surface area contributed by atoms with E-state index in [0.717, 1.165) is 6.20 Å². The Morgan fingerprint density at radius 2 is 2.29 bits per heavy atom. The molecule has 6 heteroatoms. The van der Waals surface area contributed by atoms with Gasteiger partial charge in [0.05, 0.1) is 12.2 Å². The topological polar surface area (TPSA) is 80.5 Å². The van der Waals surface area contributed by atoms with Gasteiger partial charge in [-0.25, -0.2) is 9.37 Å². The van der Waals surface area contributed by atoms with E-state index >= 15 is 0 Å². The number of hydrogen-bond acceptors (Lipinski definition) is 4. The van der Waals surface area contributed by atoms with Crippen molar-refractivity contribution in [2.45, 2.75) is 6.04 Å². The van der Waals surface area contributed by atoms with Crippen LogP contribution in [0, 0.1) is 5.82 Å². The summed E-state index contributed by atoms with van der Waals surface area (Å²) >= 11 is 0. The summed E-state index contributed by atoms with van der Waals surface area (Å²) in [6.07, 6.45) is 3.97. The molecule has 0 radical (unpaired) electrons. The lowest BCUT2D eigenvalue weighted by molar-refractivity contribution is 0.615. The monoisotopic (exact) mass is 193 g/mol. The first-order valence-electron chi connectivity index (χ1n) is 3.98. The normalized spacial score (nSPS) is 12.7. The van der Waals surface area contributed by atoms with Crippen LogP contribution in [0.2, 0.25) is 0 Å². The van der Waals surface area contributed by atoms with Gasteiger partial charge < -0.3 is 5.73 Å². The lowest BCUT2D eigenvalue weighted by Crippen LogP contribution is -2.14. The van der Waals surface area contributed by atoms with Crippen LogP contribution in [-0.4, -0.2) is 20.2 Å². The quantitative estimate of drug-likeness (QED) is 0.722. The van der Waals surface area contributed by atoms with Crippen molar-refractivity contribution >= 4 is 0 Å². The molecule has 14 heavy (non-hydrogen) atoms. The Balaban J connectivity index is 2.32. The Kier molecular flexibility index (Phi) is 2.19. The van der Waals surface area contributed by atoms with Crippen LogP contribution in [0.15, 0.2) is 24.8 Å².